The van der Waals surface area contributed by atoms with Crippen molar-refractivity contribution in [2.24, 2.45) is 0 Å². The molecule has 1 aliphatic heterocycles. The summed E-state index contributed by atoms with van der Waals surface area (Å²) in [6.07, 6.45) is 1.02. The van der Waals surface area contributed by atoms with Crippen LogP contribution in [0.5, 0.6) is 0 Å². The molecule has 5 nitrogen and oxygen atoms in total. The second kappa shape index (κ2) is 4.96. The highest BCUT2D eigenvalue weighted by Crippen LogP contribution is 2.30. The topological polar surface area (TPSA) is 55.6 Å². The highest BCUT2D eigenvalue weighted by molar-refractivity contribution is 7.07. The predicted molar refractivity (Wildman–Crippen MR) is 83.6 cm³/mol. The minimum atomic E-state index is 0.263. The van der Waals surface area contributed by atoms with Crippen LogP contribution in [0.25, 0.3) is 11.5 Å². The standard InChI is InChI=1S/C15H15N5S/c1-10-3-2-4-12(17-10)14-18-15-16-7-5-13(20(15)19-14)11-6-8-21-9-11/h2-4,6,8-9,13H,5,7H2,1H3,(H,16,18,19). The minimum absolute atomic E-state index is 0.263. The number of hydrogen-bond acceptors (Lipinski definition) is 5. The Morgan fingerprint density at radius 2 is 2.24 bits per heavy atom. The Bertz CT molecular complexity index is 762. The van der Waals surface area contributed by atoms with Gasteiger partial charge in [-0.1, -0.05) is 6.07 Å². The smallest absolute Gasteiger partial charge is 0.222 e. The van der Waals surface area contributed by atoms with Crippen LogP contribution in [0.2, 0.25) is 0 Å². The summed E-state index contributed by atoms with van der Waals surface area (Å²) in [5.74, 6) is 1.51. The van der Waals surface area contributed by atoms with E-state index in [1.54, 1.807) is 11.3 Å². The second-order valence-corrected chi connectivity index (χ2v) is 5.94. The summed E-state index contributed by atoms with van der Waals surface area (Å²) in [6.45, 7) is 2.89. The molecule has 0 radical (unpaired) electrons. The van der Waals surface area contributed by atoms with Gasteiger partial charge in [0, 0.05) is 12.2 Å². The van der Waals surface area contributed by atoms with Gasteiger partial charge in [-0.05, 0) is 47.9 Å². The summed E-state index contributed by atoms with van der Waals surface area (Å²) in [7, 11) is 0. The van der Waals surface area contributed by atoms with Crippen LogP contribution in [0, 0.1) is 6.92 Å². The third-order valence-electron chi connectivity index (χ3n) is 3.67. The summed E-state index contributed by atoms with van der Waals surface area (Å²) in [6, 6.07) is 8.34. The first kappa shape index (κ1) is 12.5. The Morgan fingerprint density at radius 1 is 1.29 bits per heavy atom. The zero-order valence-corrected chi connectivity index (χ0v) is 12.5. The number of fused-ring (bicyclic) bond motifs is 1. The van der Waals surface area contributed by atoms with Gasteiger partial charge < -0.3 is 5.32 Å². The van der Waals surface area contributed by atoms with E-state index in [0.717, 1.165) is 30.3 Å². The SMILES string of the molecule is Cc1cccc(-c2nc3n(n2)C(c2ccsc2)CCN3)n1. The number of hydrogen-bond donors (Lipinski definition) is 1. The summed E-state index contributed by atoms with van der Waals surface area (Å²) < 4.78 is 1.99. The first-order valence-electron chi connectivity index (χ1n) is 6.98. The Labute approximate surface area is 126 Å². The summed E-state index contributed by atoms with van der Waals surface area (Å²) in [5, 5.41) is 12.3. The first-order valence-corrected chi connectivity index (χ1v) is 7.92. The van der Waals surface area contributed by atoms with E-state index in [4.69, 9.17) is 0 Å². The Balaban J connectivity index is 1.77. The molecule has 1 unspecified atom stereocenters. The van der Waals surface area contributed by atoms with Gasteiger partial charge in [0.1, 0.15) is 5.69 Å². The lowest BCUT2D eigenvalue weighted by Gasteiger charge is -2.23. The van der Waals surface area contributed by atoms with Crippen LogP contribution in [0.15, 0.2) is 35.0 Å². The zero-order valence-electron chi connectivity index (χ0n) is 11.7. The van der Waals surface area contributed by atoms with E-state index in [2.05, 4.69) is 37.2 Å². The van der Waals surface area contributed by atoms with Crippen molar-refractivity contribution in [3.63, 3.8) is 0 Å². The van der Waals surface area contributed by atoms with E-state index < -0.39 is 0 Å². The lowest BCUT2D eigenvalue weighted by molar-refractivity contribution is 0.482. The maximum Gasteiger partial charge on any atom is 0.222 e. The van der Waals surface area contributed by atoms with Gasteiger partial charge >= 0.3 is 0 Å². The molecule has 0 fully saturated rings. The van der Waals surface area contributed by atoms with Gasteiger partial charge in [0.25, 0.3) is 0 Å². The number of aryl methyl sites for hydroxylation is 1. The molecule has 0 amide bonds. The highest BCUT2D eigenvalue weighted by Gasteiger charge is 2.25. The molecule has 0 saturated heterocycles. The zero-order chi connectivity index (χ0) is 14.2. The van der Waals surface area contributed by atoms with Crippen molar-refractivity contribution in [1.29, 1.82) is 0 Å². The maximum atomic E-state index is 4.68. The molecule has 0 bridgehead atoms. The highest BCUT2D eigenvalue weighted by atomic mass is 32.1. The van der Waals surface area contributed by atoms with Crippen molar-refractivity contribution in [3.05, 3.63) is 46.3 Å². The quantitative estimate of drug-likeness (QED) is 0.789. The minimum Gasteiger partial charge on any atom is -0.354 e. The largest absolute Gasteiger partial charge is 0.354 e. The summed E-state index contributed by atoms with van der Waals surface area (Å²) >= 11 is 1.72. The van der Waals surface area contributed by atoms with Crippen LogP contribution in [-0.4, -0.2) is 26.3 Å². The average molecular weight is 297 g/mol. The van der Waals surface area contributed by atoms with Crippen molar-refractivity contribution in [1.82, 2.24) is 19.7 Å². The molecule has 1 N–H and O–H groups in total. The number of anilines is 1. The van der Waals surface area contributed by atoms with Crippen LogP contribution < -0.4 is 5.32 Å². The lowest BCUT2D eigenvalue weighted by Crippen LogP contribution is -2.24. The van der Waals surface area contributed by atoms with Crippen molar-refractivity contribution in [2.45, 2.75) is 19.4 Å². The van der Waals surface area contributed by atoms with Crippen molar-refractivity contribution in [3.8, 4) is 11.5 Å². The van der Waals surface area contributed by atoms with Gasteiger partial charge in [-0.2, -0.15) is 16.3 Å². The van der Waals surface area contributed by atoms with Gasteiger partial charge in [0.15, 0.2) is 0 Å². The van der Waals surface area contributed by atoms with Gasteiger partial charge in [-0.3, -0.25) is 0 Å². The molecule has 21 heavy (non-hydrogen) atoms. The van der Waals surface area contributed by atoms with E-state index in [0.29, 0.717) is 5.82 Å². The summed E-state index contributed by atoms with van der Waals surface area (Å²) in [4.78, 5) is 9.11. The molecule has 4 heterocycles. The lowest BCUT2D eigenvalue weighted by atomic mass is 10.1. The fraction of sp³-hybridized carbons (Fsp3) is 0.267. The number of thiophene rings is 1. The Kier molecular flexibility index (Phi) is 2.96. The fourth-order valence-corrected chi connectivity index (χ4v) is 3.36. The molecule has 4 rings (SSSR count). The molecular weight excluding hydrogens is 282 g/mol. The monoisotopic (exact) mass is 297 g/mol. The second-order valence-electron chi connectivity index (χ2n) is 5.16. The van der Waals surface area contributed by atoms with Gasteiger partial charge in [0.2, 0.25) is 11.8 Å². The molecule has 0 aliphatic carbocycles. The Morgan fingerprint density at radius 3 is 3.05 bits per heavy atom. The average Bonchev–Trinajstić information content (AvgIpc) is 3.16. The van der Waals surface area contributed by atoms with Crippen molar-refractivity contribution >= 4 is 17.3 Å². The normalized spacial score (nSPS) is 17.3. The van der Waals surface area contributed by atoms with Crippen molar-refractivity contribution in [2.75, 3.05) is 11.9 Å². The van der Waals surface area contributed by atoms with Crippen LogP contribution in [0.3, 0.4) is 0 Å². The number of nitrogens with one attached hydrogen (secondary N) is 1. The molecule has 6 heteroatoms. The molecule has 1 atom stereocenters. The molecule has 0 spiro atoms. The van der Waals surface area contributed by atoms with Crippen LogP contribution in [-0.2, 0) is 0 Å². The molecule has 3 aromatic heterocycles. The molecule has 3 aromatic rings. The molecule has 0 aromatic carbocycles. The maximum absolute atomic E-state index is 4.68. The number of nitrogens with zero attached hydrogens (tertiary/aromatic N) is 4. The first-order chi connectivity index (χ1) is 10.3. The molecule has 106 valence electrons. The van der Waals surface area contributed by atoms with Crippen LogP contribution in [0.1, 0.15) is 23.7 Å². The third kappa shape index (κ3) is 2.21. The van der Waals surface area contributed by atoms with E-state index in [9.17, 15) is 0 Å². The van der Waals surface area contributed by atoms with Crippen LogP contribution in [0.4, 0.5) is 5.95 Å². The Hall–Kier alpha value is -2.21. The van der Waals surface area contributed by atoms with E-state index in [1.165, 1.54) is 5.56 Å². The van der Waals surface area contributed by atoms with Crippen LogP contribution >= 0.6 is 11.3 Å². The number of rotatable bonds is 2. The van der Waals surface area contributed by atoms with E-state index in [1.807, 2.05) is 29.8 Å². The van der Waals surface area contributed by atoms with E-state index in [-0.39, 0.29) is 6.04 Å². The fourth-order valence-electron chi connectivity index (χ4n) is 2.65. The molecule has 1 aliphatic rings. The van der Waals surface area contributed by atoms with Gasteiger partial charge in [-0.15, -0.1) is 5.10 Å². The molecule has 0 saturated carbocycles. The molecular formula is C15H15N5S. The van der Waals surface area contributed by atoms with Gasteiger partial charge in [-0.25, -0.2) is 9.67 Å². The number of pyridine rings is 1. The third-order valence-corrected chi connectivity index (χ3v) is 4.37. The van der Waals surface area contributed by atoms with Gasteiger partial charge in [0.05, 0.1) is 6.04 Å². The van der Waals surface area contributed by atoms with Crippen molar-refractivity contribution < 1.29 is 0 Å². The summed E-state index contributed by atoms with van der Waals surface area (Å²) in [5.41, 5.74) is 3.10. The predicted octanol–water partition coefficient (Wildman–Crippen LogP) is 3.12. The number of aromatic nitrogens is 4. The van der Waals surface area contributed by atoms with E-state index >= 15 is 0 Å².